The number of aromatic amines is 2. The van der Waals surface area contributed by atoms with Crippen molar-refractivity contribution in [3.05, 3.63) is 67.0 Å². The number of piperidine rings is 1. The number of fused-ring (bicyclic) bond motifs is 2. The fraction of sp³-hybridized carbons (Fsp3) is 0.333. The molecule has 250 valence electrons. The monoisotopic (exact) mass is 660 g/mol. The van der Waals surface area contributed by atoms with Crippen LogP contribution in [0.4, 0.5) is 10.1 Å². The number of halogens is 1. The molecule has 2 saturated heterocycles. The number of carbonyl (C=O) groups excluding carboxylic acids is 1. The minimum atomic E-state index is -0.382. The zero-order valence-electron chi connectivity index (χ0n) is 27.0. The van der Waals surface area contributed by atoms with Crippen molar-refractivity contribution in [2.24, 2.45) is 5.92 Å². The predicted molar refractivity (Wildman–Crippen MR) is 185 cm³/mol. The lowest BCUT2D eigenvalue weighted by molar-refractivity contribution is -0.117. The molecule has 0 bridgehead atoms. The number of hydrogen-bond acceptors (Lipinski definition) is 9. The predicted octanol–water partition coefficient (Wildman–Crippen LogP) is 5.57. The Bertz CT molecular complexity index is 2120. The van der Waals surface area contributed by atoms with Crippen LogP contribution in [0.1, 0.15) is 32.1 Å². The van der Waals surface area contributed by atoms with Crippen LogP contribution in [0.15, 0.2) is 61.2 Å². The molecule has 7 heterocycles. The number of H-pyrrole nitrogens is 2. The maximum Gasteiger partial charge on any atom is 0.224 e. The number of amides is 1. The van der Waals surface area contributed by atoms with Crippen LogP contribution in [0.5, 0.6) is 5.75 Å². The SMILES string of the molecule is O=C(CC1CCNCC1)Nc1cncc(-c2cc3c(-c4nc5c(-c6cc(F)cc(OCCN7CCCC7)c6)ccnc5[nH]4)n[nH]c3cn2)c1. The smallest absolute Gasteiger partial charge is 0.224 e. The number of hydrogen-bond donors (Lipinski definition) is 4. The number of likely N-dealkylation sites (tertiary alicyclic amines) is 1. The minimum Gasteiger partial charge on any atom is -0.492 e. The Morgan fingerprint density at radius 1 is 1.02 bits per heavy atom. The van der Waals surface area contributed by atoms with Crippen molar-refractivity contribution >= 4 is 33.7 Å². The summed E-state index contributed by atoms with van der Waals surface area (Å²) in [5.74, 6) is 0.985. The van der Waals surface area contributed by atoms with Gasteiger partial charge in [-0.05, 0) is 93.7 Å². The summed E-state index contributed by atoms with van der Waals surface area (Å²) < 4.78 is 20.8. The highest BCUT2D eigenvalue weighted by Crippen LogP contribution is 2.34. The van der Waals surface area contributed by atoms with Gasteiger partial charge in [-0.15, -0.1) is 0 Å². The number of anilines is 1. The van der Waals surface area contributed by atoms with E-state index < -0.39 is 0 Å². The van der Waals surface area contributed by atoms with Gasteiger partial charge in [0, 0.05) is 47.9 Å². The number of carbonyl (C=O) groups is 1. The van der Waals surface area contributed by atoms with Crippen molar-refractivity contribution in [2.75, 3.05) is 44.6 Å². The van der Waals surface area contributed by atoms with E-state index in [0.29, 0.717) is 64.3 Å². The second kappa shape index (κ2) is 13.7. The van der Waals surface area contributed by atoms with Crippen LogP contribution >= 0.6 is 0 Å². The Morgan fingerprint density at radius 3 is 2.78 bits per heavy atom. The summed E-state index contributed by atoms with van der Waals surface area (Å²) in [6, 6.07) is 10.4. The first kappa shape index (κ1) is 31.0. The molecule has 2 aliphatic heterocycles. The Morgan fingerprint density at radius 2 is 1.90 bits per heavy atom. The Hall–Kier alpha value is -5.27. The van der Waals surface area contributed by atoms with E-state index in [2.05, 4.69) is 45.7 Å². The topological polar surface area (TPSA) is 150 Å². The number of nitrogens with one attached hydrogen (secondary N) is 4. The van der Waals surface area contributed by atoms with Crippen molar-refractivity contribution in [3.63, 3.8) is 0 Å². The molecule has 4 N–H and O–H groups in total. The molecule has 1 aromatic carbocycles. The van der Waals surface area contributed by atoms with E-state index in [-0.39, 0.29) is 11.7 Å². The van der Waals surface area contributed by atoms with Gasteiger partial charge in [-0.2, -0.15) is 5.10 Å². The molecule has 13 heteroatoms. The standard InChI is InChI=1S/C36H37FN10O2/c37-25-14-23(16-27(17-25)49-12-11-47-9-1-2-10-47)28-5-8-40-35-33(28)43-36(44-35)34-29-18-30(41-21-31(29)45-46-34)24-15-26(20-39-19-24)42-32(48)13-22-3-6-38-7-4-22/h5,8,14-22,38H,1-4,6-7,9-13H2,(H,42,48)(H,45,46)(H,40,43,44). The van der Waals surface area contributed by atoms with Crippen LogP contribution in [0.25, 0.3) is 56.0 Å². The molecule has 5 aromatic heterocycles. The van der Waals surface area contributed by atoms with Gasteiger partial charge in [0.05, 0.1) is 29.3 Å². The molecule has 0 spiro atoms. The number of pyridine rings is 3. The molecular weight excluding hydrogens is 623 g/mol. The third-order valence-corrected chi connectivity index (χ3v) is 9.36. The fourth-order valence-corrected chi connectivity index (χ4v) is 6.82. The lowest BCUT2D eigenvalue weighted by Gasteiger charge is -2.21. The molecule has 0 atom stereocenters. The van der Waals surface area contributed by atoms with Crippen LogP contribution < -0.4 is 15.4 Å². The lowest BCUT2D eigenvalue weighted by Crippen LogP contribution is -2.30. The summed E-state index contributed by atoms with van der Waals surface area (Å²) in [6.45, 7) is 5.39. The van der Waals surface area contributed by atoms with Crippen molar-refractivity contribution < 1.29 is 13.9 Å². The highest BCUT2D eigenvalue weighted by molar-refractivity contribution is 5.97. The van der Waals surface area contributed by atoms with Gasteiger partial charge in [0.2, 0.25) is 5.91 Å². The summed E-state index contributed by atoms with van der Waals surface area (Å²) in [5, 5.41) is 14.7. The Kier molecular flexibility index (Phi) is 8.67. The summed E-state index contributed by atoms with van der Waals surface area (Å²) in [7, 11) is 0. The lowest BCUT2D eigenvalue weighted by atomic mass is 9.94. The summed E-state index contributed by atoms with van der Waals surface area (Å²) in [5.41, 5.74) is 5.89. The molecule has 1 amide bonds. The zero-order chi connectivity index (χ0) is 33.2. The summed E-state index contributed by atoms with van der Waals surface area (Å²) in [4.78, 5) is 36.8. The van der Waals surface area contributed by atoms with E-state index in [9.17, 15) is 9.18 Å². The molecular formula is C36H37FN10O2. The fourth-order valence-electron chi connectivity index (χ4n) is 6.82. The summed E-state index contributed by atoms with van der Waals surface area (Å²) in [6.07, 6.45) is 11.7. The van der Waals surface area contributed by atoms with Crippen LogP contribution in [0.3, 0.4) is 0 Å². The molecule has 2 aliphatic rings. The van der Waals surface area contributed by atoms with Gasteiger partial charge in [0.1, 0.15) is 29.4 Å². The highest BCUT2D eigenvalue weighted by Gasteiger charge is 2.20. The van der Waals surface area contributed by atoms with E-state index in [1.165, 1.54) is 25.0 Å². The van der Waals surface area contributed by atoms with Crippen molar-refractivity contribution in [1.29, 1.82) is 0 Å². The molecule has 0 aliphatic carbocycles. The average Bonchev–Trinajstić information content (AvgIpc) is 3.88. The van der Waals surface area contributed by atoms with E-state index in [1.807, 2.05) is 24.3 Å². The molecule has 0 saturated carbocycles. The largest absolute Gasteiger partial charge is 0.492 e. The van der Waals surface area contributed by atoms with Crippen LogP contribution in [-0.4, -0.2) is 85.3 Å². The van der Waals surface area contributed by atoms with Gasteiger partial charge in [-0.1, -0.05) is 0 Å². The first-order chi connectivity index (χ1) is 24.1. The highest BCUT2D eigenvalue weighted by atomic mass is 19.1. The van der Waals surface area contributed by atoms with Crippen molar-refractivity contribution in [1.82, 2.24) is 45.3 Å². The number of benzene rings is 1. The number of nitrogens with zero attached hydrogens (tertiary/aromatic N) is 6. The van der Waals surface area contributed by atoms with Gasteiger partial charge in [-0.25, -0.2) is 14.4 Å². The normalized spacial score (nSPS) is 15.7. The average molecular weight is 661 g/mol. The van der Waals surface area contributed by atoms with E-state index in [4.69, 9.17) is 9.72 Å². The second-order valence-corrected chi connectivity index (χ2v) is 12.8. The number of imidazole rings is 1. The van der Waals surface area contributed by atoms with Crippen LogP contribution in [0.2, 0.25) is 0 Å². The molecule has 49 heavy (non-hydrogen) atoms. The number of ether oxygens (including phenoxy) is 1. The first-order valence-electron chi connectivity index (χ1n) is 16.9. The van der Waals surface area contributed by atoms with E-state index in [1.54, 1.807) is 24.8 Å². The van der Waals surface area contributed by atoms with E-state index in [0.717, 1.165) is 67.6 Å². The van der Waals surface area contributed by atoms with Gasteiger partial charge >= 0.3 is 0 Å². The van der Waals surface area contributed by atoms with Gasteiger partial charge in [0.15, 0.2) is 11.5 Å². The third kappa shape index (κ3) is 6.85. The molecule has 0 unspecified atom stereocenters. The number of rotatable bonds is 10. The molecule has 2 fully saturated rings. The second-order valence-electron chi connectivity index (χ2n) is 12.8. The van der Waals surface area contributed by atoms with Gasteiger partial charge in [0.25, 0.3) is 0 Å². The van der Waals surface area contributed by atoms with Crippen molar-refractivity contribution in [3.8, 4) is 39.7 Å². The third-order valence-electron chi connectivity index (χ3n) is 9.36. The van der Waals surface area contributed by atoms with Gasteiger partial charge in [-0.3, -0.25) is 24.8 Å². The van der Waals surface area contributed by atoms with Crippen LogP contribution in [-0.2, 0) is 4.79 Å². The summed E-state index contributed by atoms with van der Waals surface area (Å²) >= 11 is 0. The van der Waals surface area contributed by atoms with Crippen molar-refractivity contribution in [2.45, 2.75) is 32.1 Å². The molecule has 8 rings (SSSR count). The quantitative estimate of drug-likeness (QED) is 0.148. The molecule has 6 aromatic rings. The van der Waals surface area contributed by atoms with E-state index >= 15 is 0 Å². The molecule has 12 nitrogen and oxygen atoms in total. The zero-order valence-corrected chi connectivity index (χ0v) is 27.0. The van der Waals surface area contributed by atoms with Crippen LogP contribution in [0, 0.1) is 11.7 Å². The Balaban J connectivity index is 1.05. The Labute approximate surface area is 281 Å². The molecule has 0 radical (unpaired) electrons. The maximum absolute atomic E-state index is 14.8. The number of aromatic nitrogens is 7. The van der Waals surface area contributed by atoms with Gasteiger partial charge < -0.3 is 20.4 Å². The minimum absolute atomic E-state index is 0.0104. The first-order valence-corrected chi connectivity index (χ1v) is 16.9. The maximum atomic E-state index is 14.8.